The first-order valence-electron chi connectivity index (χ1n) is 5.28. The molecule has 102 valence electrons. The Labute approximate surface area is 118 Å². The number of benzene rings is 1. The van der Waals surface area contributed by atoms with Crippen LogP contribution >= 0.6 is 24.0 Å². The fraction of sp³-hybridized carbons (Fsp3) is 0.417. The standard InChI is InChI=1S/C12H16ClNO3.ClH/c1-4-12(11(15)16,14(2)3)17-10-7-5-9(13)6-8-10;/h5-8H,4H2,1-3H3,(H,15,16);1H. The zero-order chi connectivity index (χ0) is 13.1. The maximum absolute atomic E-state index is 11.4. The Kier molecular flexibility index (Phi) is 6.46. The number of carbonyl (C=O) groups is 1. The Morgan fingerprint density at radius 3 is 2.22 bits per heavy atom. The van der Waals surface area contributed by atoms with Crippen LogP contribution in [-0.2, 0) is 4.79 Å². The van der Waals surface area contributed by atoms with Gasteiger partial charge in [-0.3, -0.25) is 4.90 Å². The fourth-order valence-electron chi connectivity index (χ4n) is 1.56. The van der Waals surface area contributed by atoms with E-state index in [9.17, 15) is 9.90 Å². The lowest BCUT2D eigenvalue weighted by Crippen LogP contribution is -2.55. The van der Waals surface area contributed by atoms with Crippen LogP contribution in [0.15, 0.2) is 24.3 Å². The van der Waals surface area contributed by atoms with E-state index in [0.29, 0.717) is 17.2 Å². The van der Waals surface area contributed by atoms with E-state index in [1.54, 1.807) is 50.2 Å². The Bertz CT molecular complexity index is 395. The Morgan fingerprint density at radius 1 is 1.39 bits per heavy atom. The van der Waals surface area contributed by atoms with Crippen molar-refractivity contribution in [2.45, 2.75) is 19.1 Å². The summed E-state index contributed by atoms with van der Waals surface area (Å²) in [5.41, 5.74) is -1.35. The summed E-state index contributed by atoms with van der Waals surface area (Å²) in [4.78, 5) is 12.9. The zero-order valence-electron chi connectivity index (χ0n) is 10.5. The highest BCUT2D eigenvalue weighted by molar-refractivity contribution is 6.30. The van der Waals surface area contributed by atoms with Crippen LogP contribution in [0.25, 0.3) is 0 Å². The van der Waals surface area contributed by atoms with Crippen LogP contribution in [0.4, 0.5) is 0 Å². The first-order chi connectivity index (χ1) is 7.92. The van der Waals surface area contributed by atoms with Gasteiger partial charge in [-0.05, 0) is 38.4 Å². The number of hydrogen-bond acceptors (Lipinski definition) is 3. The van der Waals surface area contributed by atoms with Gasteiger partial charge in [-0.1, -0.05) is 18.5 Å². The van der Waals surface area contributed by atoms with E-state index < -0.39 is 11.7 Å². The quantitative estimate of drug-likeness (QED) is 0.848. The molecule has 0 aliphatic heterocycles. The van der Waals surface area contributed by atoms with Crippen LogP contribution in [-0.4, -0.2) is 35.8 Å². The molecule has 0 fully saturated rings. The second-order valence-corrected chi connectivity index (χ2v) is 4.33. The molecular formula is C12H17Cl2NO3. The van der Waals surface area contributed by atoms with Crippen LogP contribution in [0.3, 0.4) is 0 Å². The molecule has 0 amide bonds. The lowest BCUT2D eigenvalue weighted by atomic mass is 10.1. The number of ether oxygens (including phenoxy) is 1. The first kappa shape index (κ1) is 17.0. The fourth-order valence-corrected chi connectivity index (χ4v) is 1.69. The van der Waals surface area contributed by atoms with Crippen molar-refractivity contribution < 1.29 is 14.6 Å². The van der Waals surface area contributed by atoms with E-state index in [4.69, 9.17) is 16.3 Å². The summed E-state index contributed by atoms with van der Waals surface area (Å²) in [6.07, 6.45) is 0.331. The van der Waals surface area contributed by atoms with Gasteiger partial charge in [-0.25, -0.2) is 4.79 Å². The van der Waals surface area contributed by atoms with Crippen LogP contribution in [0.1, 0.15) is 13.3 Å². The molecule has 1 unspecified atom stereocenters. The van der Waals surface area contributed by atoms with Crippen LogP contribution in [0.5, 0.6) is 5.75 Å². The van der Waals surface area contributed by atoms with Crippen molar-refractivity contribution in [3.63, 3.8) is 0 Å². The maximum Gasteiger partial charge on any atom is 0.364 e. The molecule has 18 heavy (non-hydrogen) atoms. The van der Waals surface area contributed by atoms with Gasteiger partial charge in [0.05, 0.1) is 0 Å². The molecule has 0 heterocycles. The van der Waals surface area contributed by atoms with Gasteiger partial charge in [0.1, 0.15) is 5.75 Å². The van der Waals surface area contributed by atoms with Gasteiger partial charge >= 0.3 is 5.97 Å². The van der Waals surface area contributed by atoms with Gasteiger partial charge in [-0.2, -0.15) is 0 Å². The third-order valence-corrected chi connectivity index (χ3v) is 2.89. The maximum atomic E-state index is 11.4. The number of nitrogens with zero attached hydrogens (tertiary/aromatic N) is 1. The summed E-state index contributed by atoms with van der Waals surface area (Å²) >= 11 is 5.76. The van der Waals surface area contributed by atoms with Crippen LogP contribution < -0.4 is 4.74 Å². The second-order valence-electron chi connectivity index (χ2n) is 3.89. The molecule has 1 aromatic rings. The molecule has 1 N–H and O–H groups in total. The van der Waals surface area contributed by atoms with E-state index >= 15 is 0 Å². The van der Waals surface area contributed by atoms with E-state index in [2.05, 4.69) is 0 Å². The van der Waals surface area contributed by atoms with Crippen LogP contribution in [0, 0.1) is 0 Å². The zero-order valence-corrected chi connectivity index (χ0v) is 12.1. The molecule has 0 aromatic heterocycles. The molecular weight excluding hydrogens is 277 g/mol. The Balaban J connectivity index is 0.00000289. The Morgan fingerprint density at radius 2 is 1.89 bits per heavy atom. The smallest absolute Gasteiger partial charge is 0.364 e. The minimum Gasteiger partial charge on any atom is -0.477 e. The highest BCUT2D eigenvalue weighted by atomic mass is 35.5. The molecule has 0 bridgehead atoms. The summed E-state index contributed by atoms with van der Waals surface area (Å²) in [6.45, 7) is 1.77. The summed E-state index contributed by atoms with van der Waals surface area (Å²) in [5, 5.41) is 9.90. The number of hydrogen-bond donors (Lipinski definition) is 1. The van der Waals surface area contributed by atoms with Crippen molar-refractivity contribution >= 4 is 30.0 Å². The average molecular weight is 294 g/mol. The van der Waals surface area contributed by atoms with Crippen molar-refractivity contribution in [2.75, 3.05) is 14.1 Å². The predicted octanol–water partition coefficient (Wildman–Crippen LogP) is 2.89. The second kappa shape index (κ2) is 6.83. The molecule has 1 aromatic carbocycles. The number of carboxylic acids is 1. The van der Waals surface area contributed by atoms with Crippen molar-refractivity contribution in [3.8, 4) is 5.75 Å². The molecule has 1 atom stereocenters. The topological polar surface area (TPSA) is 49.8 Å². The van der Waals surface area contributed by atoms with Crippen molar-refractivity contribution in [3.05, 3.63) is 29.3 Å². The van der Waals surface area contributed by atoms with E-state index in [1.807, 2.05) is 0 Å². The SMILES string of the molecule is CCC(Oc1ccc(Cl)cc1)(C(=O)O)N(C)C.Cl. The molecule has 0 saturated heterocycles. The van der Waals surface area contributed by atoms with Gasteiger partial charge in [0.2, 0.25) is 0 Å². The van der Waals surface area contributed by atoms with Gasteiger partial charge in [0.25, 0.3) is 5.72 Å². The van der Waals surface area contributed by atoms with Crippen LogP contribution in [0.2, 0.25) is 5.02 Å². The number of halogens is 2. The molecule has 0 aliphatic carbocycles. The normalized spacial score (nSPS) is 13.6. The van der Waals surface area contributed by atoms with E-state index in [0.717, 1.165) is 0 Å². The highest BCUT2D eigenvalue weighted by Gasteiger charge is 2.41. The summed E-state index contributed by atoms with van der Waals surface area (Å²) in [5.74, 6) is -0.535. The summed E-state index contributed by atoms with van der Waals surface area (Å²) in [6, 6.07) is 6.63. The highest BCUT2D eigenvalue weighted by Crippen LogP contribution is 2.25. The number of aliphatic carboxylic acids is 1. The minimum atomic E-state index is -1.35. The predicted molar refractivity (Wildman–Crippen MR) is 73.7 cm³/mol. The van der Waals surface area contributed by atoms with E-state index in [1.165, 1.54) is 0 Å². The van der Waals surface area contributed by atoms with Gasteiger partial charge in [0, 0.05) is 11.4 Å². The molecule has 1 rings (SSSR count). The van der Waals surface area contributed by atoms with Gasteiger partial charge in [0.15, 0.2) is 0 Å². The molecule has 0 radical (unpaired) electrons. The molecule has 0 spiro atoms. The van der Waals surface area contributed by atoms with Gasteiger partial charge < -0.3 is 9.84 Å². The van der Waals surface area contributed by atoms with Crippen molar-refractivity contribution in [1.82, 2.24) is 4.90 Å². The average Bonchev–Trinajstić information content (AvgIpc) is 2.27. The number of likely N-dealkylation sites (N-methyl/N-ethyl adjacent to an activating group) is 1. The van der Waals surface area contributed by atoms with E-state index in [-0.39, 0.29) is 12.4 Å². The van der Waals surface area contributed by atoms with Crippen molar-refractivity contribution in [1.29, 1.82) is 0 Å². The monoisotopic (exact) mass is 293 g/mol. The molecule has 6 heteroatoms. The lowest BCUT2D eigenvalue weighted by Gasteiger charge is -2.35. The third kappa shape index (κ3) is 3.51. The summed E-state index contributed by atoms with van der Waals surface area (Å²) < 4.78 is 5.60. The largest absolute Gasteiger partial charge is 0.477 e. The van der Waals surface area contributed by atoms with Gasteiger partial charge in [-0.15, -0.1) is 12.4 Å². The number of carboxylic acid groups (broad SMARTS) is 1. The molecule has 0 aliphatic rings. The van der Waals surface area contributed by atoms with Crippen molar-refractivity contribution in [2.24, 2.45) is 0 Å². The Hall–Kier alpha value is -0.970. The molecule has 0 saturated carbocycles. The first-order valence-corrected chi connectivity index (χ1v) is 5.65. The minimum absolute atomic E-state index is 0. The lowest BCUT2D eigenvalue weighted by molar-refractivity contribution is -0.172. The third-order valence-electron chi connectivity index (χ3n) is 2.64. The summed E-state index contributed by atoms with van der Waals surface area (Å²) in [7, 11) is 3.35. The molecule has 4 nitrogen and oxygen atoms in total. The number of rotatable bonds is 5.